The maximum absolute atomic E-state index is 12.5. The Kier molecular flexibility index (Phi) is 5.42. The molecule has 1 unspecified atom stereocenters. The van der Waals surface area contributed by atoms with Crippen molar-refractivity contribution in [1.82, 2.24) is 4.90 Å². The van der Waals surface area contributed by atoms with Crippen molar-refractivity contribution in [2.45, 2.75) is 25.1 Å². The molecule has 0 bridgehead atoms. The highest BCUT2D eigenvalue weighted by atomic mass is 19.4. The standard InChI is InChI=1S/C15H19F3N2O2/c16-15(17,18)12-5-3-11(4-6-12)2-1-7-20-8-9-22-13(10-20)14(19)21/h3-6,13H,1-2,7-10H2,(H2,19,21). The number of aryl methyl sites for hydroxylation is 1. The van der Waals surface area contributed by atoms with Gasteiger partial charge in [-0.3, -0.25) is 9.69 Å². The van der Waals surface area contributed by atoms with Gasteiger partial charge in [0.1, 0.15) is 6.10 Å². The lowest BCUT2D eigenvalue weighted by molar-refractivity contribution is -0.137. The number of hydrogen-bond acceptors (Lipinski definition) is 3. The summed E-state index contributed by atoms with van der Waals surface area (Å²) in [6.07, 6.45) is -3.37. The van der Waals surface area contributed by atoms with Crippen molar-refractivity contribution >= 4 is 5.91 Å². The molecule has 1 aromatic carbocycles. The maximum Gasteiger partial charge on any atom is 0.416 e. The van der Waals surface area contributed by atoms with E-state index in [4.69, 9.17) is 10.5 Å². The lowest BCUT2D eigenvalue weighted by Gasteiger charge is -2.31. The number of carbonyl (C=O) groups is 1. The zero-order chi connectivity index (χ0) is 16.2. The Morgan fingerprint density at radius 3 is 2.59 bits per heavy atom. The second kappa shape index (κ2) is 7.11. The molecule has 1 fully saturated rings. The third-order valence-corrected chi connectivity index (χ3v) is 3.69. The Hall–Kier alpha value is -1.60. The quantitative estimate of drug-likeness (QED) is 0.901. The van der Waals surface area contributed by atoms with E-state index in [0.29, 0.717) is 19.6 Å². The number of rotatable bonds is 5. The van der Waals surface area contributed by atoms with Gasteiger partial charge in [-0.25, -0.2) is 0 Å². The summed E-state index contributed by atoms with van der Waals surface area (Å²) >= 11 is 0. The number of halogens is 3. The van der Waals surface area contributed by atoms with Crippen molar-refractivity contribution in [2.24, 2.45) is 5.73 Å². The van der Waals surface area contributed by atoms with Crippen LogP contribution in [0.5, 0.6) is 0 Å². The molecule has 1 atom stereocenters. The Labute approximate surface area is 127 Å². The minimum atomic E-state index is -4.30. The van der Waals surface area contributed by atoms with Crippen LogP contribution in [0.1, 0.15) is 17.5 Å². The summed E-state index contributed by atoms with van der Waals surface area (Å²) in [6.45, 7) is 2.43. The third kappa shape index (κ3) is 4.71. The van der Waals surface area contributed by atoms with Crippen LogP contribution in [-0.4, -0.2) is 43.2 Å². The van der Waals surface area contributed by atoms with Crippen molar-refractivity contribution in [1.29, 1.82) is 0 Å². The van der Waals surface area contributed by atoms with Gasteiger partial charge >= 0.3 is 6.18 Å². The Balaban J connectivity index is 1.78. The first-order chi connectivity index (χ1) is 10.4. The van der Waals surface area contributed by atoms with Crippen LogP contribution in [0.4, 0.5) is 13.2 Å². The summed E-state index contributed by atoms with van der Waals surface area (Å²) in [5.41, 5.74) is 5.45. The molecule has 2 rings (SSSR count). The molecule has 0 aliphatic carbocycles. The fourth-order valence-corrected chi connectivity index (χ4v) is 2.44. The molecular weight excluding hydrogens is 297 g/mol. The largest absolute Gasteiger partial charge is 0.416 e. The van der Waals surface area contributed by atoms with Crippen LogP contribution in [-0.2, 0) is 22.1 Å². The lowest BCUT2D eigenvalue weighted by atomic mass is 10.1. The van der Waals surface area contributed by atoms with Crippen LogP contribution in [0.2, 0.25) is 0 Å². The molecule has 1 aliphatic heterocycles. The molecule has 1 aliphatic rings. The van der Waals surface area contributed by atoms with Crippen LogP contribution < -0.4 is 5.73 Å². The van der Waals surface area contributed by atoms with Gasteiger partial charge in [0.2, 0.25) is 5.91 Å². The topological polar surface area (TPSA) is 55.6 Å². The highest BCUT2D eigenvalue weighted by Gasteiger charge is 2.30. The monoisotopic (exact) mass is 316 g/mol. The minimum Gasteiger partial charge on any atom is -0.367 e. The molecule has 0 saturated carbocycles. The molecule has 0 aromatic heterocycles. The van der Waals surface area contributed by atoms with E-state index in [2.05, 4.69) is 4.90 Å². The molecule has 2 N–H and O–H groups in total. The van der Waals surface area contributed by atoms with Crippen molar-refractivity contribution < 1.29 is 22.7 Å². The minimum absolute atomic E-state index is 0.465. The summed E-state index contributed by atoms with van der Waals surface area (Å²) in [5, 5.41) is 0. The SMILES string of the molecule is NC(=O)C1CN(CCCc2ccc(C(F)(F)F)cc2)CCO1. The van der Waals surface area contributed by atoms with Crippen LogP contribution in [0.15, 0.2) is 24.3 Å². The Morgan fingerprint density at radius 2 is 2.00 bits per heavy atom. The number of amides is 1. The number of hydrogen-bond donors (Lipinski definition) is 1. The average Bonchev–Trinajstić information content (AvgIpc) is 2.47. The van der Waals surface area contributed by atoms with Gasteiger partial charge in [0.15, 0.2) is 0 Å². The number of ether oxygens (including phenoxy) is 1. The molecular formula is C15H19F3N2O2. The number of nitrogens with zero attached hydrogens (tertiary/aromatic N) is 1. The van der Waals surface area contributed by atoms with Crippen molar-refractivity contribution in [3.8, 4) is 0 Å². The first-order valence-electron chi connectivity index (χ1n) is 7.15. The predicted octanol–water partition coefficient (Wildman–Crippen LogP) is 1.82. The molecule has 7 heteroatoms. The summed E-state index contributed by atoms with van der Waals surface area (Å²) in [5.74, 6) is -0.465. The van der Waals surface area contributed by atoms with E-state index >= 15 is 0 Å². The third-order valence-electron chi connectivity index (χ3n) is 3.69. The Morgan fingerprint density at radius 1 is 1.32 bits per heavy atom. The van der Waals surface area contributed by atoms with E-state index in [1.54, 1.807) is 0 Å². The van der Waals surface area contributed by atoms with Crippen LogP contribution >= 0.6 is 0 Å². The fourth-order valence-electron chi connectivity index (χ4n) is 2.44. The number of carbonyl (C=O) groups excluding carboxylic acids is 1. The van der Waals surface area contributed by atoms with Crippen molar-refractivity contribution in [3.05, 3.63) is 35.4 Å². The van der Waals surface area contributed by atoms with Gasteiger partial charge in [-0.1, -0.05) is 12.1 Å². The van der Waals surface area contributed by atoms with Crippen LogP contribution in [0, 0.1) is 0 Å². The molecule has 22 heavy (non-hydrogen) atoms. The van der Waals surface area contributed by atoms with E-state index in [1.165, 1.54) is 12.1 Å². The first kappa shape index (κ1) is 16.8. The van der Waals surface area contributed by atoms with Gasteiger partial charge in [0.25, 0.3) is 0 Å². The number of morpholine rings is 1. The summed E-state index contributed by atoms with van der Waals surface area (Å²) in [6, 6.07) is 5.23. The molecule has 4 nitrogen and oxygen atoms in total. The number of primary amides is 1. The molecule has 1 saturated heterocycles. The average molecular weight is 316 g/mol. The van der Waals surface area contributed by atoms with Crippen LogP contribution in [0.3, 0.4) is 0 Å². The highest BCUT2D eigenvalue weighted by Crippen LogP contribution is 2.29. The second-order valence-electron chi connectivity index (χ2n) is 5.36. The molecule has 122 valence electrons. The van der Waals surface area contributed by atoms with E-state index in [9.17, 15) is 18.0 Å². The lowest BCUT2D eigenvalue weighted by Crippen LogP contribution is -2.48. The summed E-state index contributed by atoms with van der Waals surface area (Å²) < 4.78 is 42.6. The van der Waals surface area contributed by atoms with Gasteiger partial charge < -0.3 is 10.5 Å². The highest BCUT2D eigenvalue weighted by molar-refractivity contribution is 5.79. The summed E-state index contributed by atoms with van der Waals surface area (Å²) in [7, 11) is 0. The van der Waals surface area contributed by atoms with Gasteiger partial charge in [0, 0.05) is 13.1 Å². The van der Waals surface area contributed by atoms with Gasteiger partial charge in [0.05, 0.1) is 12.2 Å². The number of benzene rings is 1. The Bertz CT molecular complexity index is 503. The smallest absolute Gasteiger partial charge is 0.367 e. The molecule has 0 spiro atoms. The van der Waals surface area contributed by atoms with Crippen LogP contribution in [0.25, 0.3) is 0 Å². The van der Waals surface area contributed by atoms with Gasteiger partial charge in [-0.2, -0.15) is 13.2 Å². The maximum atomic E-state index is 12.5. The van der Waals surface area contributed by atoms with E-state index in [1.807, 2.05) is 0 Å². The second-order valence-corrected chi connectivity index (χ2v) is 5.36. The van der Waals surface area contributed by atoms with Crippen molar-refractivity contribution in [2.75, 3.05) is 26.2 Å². The molecule has 1 aromatic rings. The van der Waals surface area contributed by atoms with E-state index in [-0.39, 0.29) is 0 Å². The molecule has 0 radical (unpaired) electrons. The summed E-state index contributed by atoms with van der Waals surface area (Å²) in [4.78, 5) is 13.2. The fraction of sp³-hybridized carbons (Fsp3) is 0.533. The predicted molar refractivity (Wildman–Crippen MR) is 75.1 cm³/mol. The zero-order valence-corrected chi connectivity index (χ0v) is 12.1. The number of alkyl halides is 3. The normalized spacial score (nSPS) is 20.0. The van der Waals surface area contributed by atoms with Crippen molar-refractivity contribution in [3.63, 3.8) is 0 Å². The van der Waals surface area contributed by atoms with Gasteiger partial charge in [-0.15, -0.1) is 0 Å². The zero-order valence-electron chi connectivity index (χ0n) is 12.1. The van der Waals surface area contributed by atoms with Gasteiger partial charge in [-0.05, 0) is 37.1 Å². The van der Waals surface area contributed by atoms with E-state index in [0.717, 1.165) is 37.2 Å². The first-order valence-corrected chi connectivity index (χ1v) is 7.15. The molecule has 1 heterocycles. The molecule has 1 amide bonds. The van der Waals surface area contributed by atoms with E-state index < -0.39 is 23.8 Å². The number of nitrogens with two attached hydrogens (primary N) is 1.